The van der Waals surface area contributed by atoms with Gasteiger partial charge in [-0.15, -0.1) is 0 Å². The van der Waals surface area contributed by atoms with E-state index in [1.807, 2.05) is 24.3 Å². The summed E-state index contributed by atoms with van der Waals surface area (Å²) in [5.41, 5.74) is 3.53. The lowest BCUT2D eigenvalue weighted by atomic mass is 9.99. The van der Waals surface area contributed by atoms with Crippen LogP contribution in [0.5, 0.6) is 0 Å². The molecule has 1 amide bonds. The van der Waals surface area contributed by atoms with Gasteiger partial charge in [0, 0.05) is 33.8 Å². The maximum atomic E-state index is 12.8. The topological polar surface area (TPSA) is 110 Å². The molecule has 0 unspecified atom stereocenters. The van der Waals surface area contributed by atoms with Crippen LogP contribution >= 0.6 is 11.6 Å². The first kappa shape index (κ1) is 24.3. The van der Waals surface area contributed by atoms with E-state index < -0.39 is 23.5 Å². The number of amides is 1. The van der Waals surface area contributed by atoms with Crippen LogP contribution in [0.4, 0.5) is 0 Å². The highest BCUT2D eigenvalue weighted by atomic mass is 35.5. The van der Waals surface area contributed by atoms with Crippen LogP contribution < -0.4 is 10.9 Å². The molecule has 0 saturated heterocycles. The van der Waals surface area contributed by atoms with Gasteiger partial charge in [-0.05, 0) is 41.8 Å². The normalized spacial score (nSPS) is 12.1. The Morgan fingerprint density at radius 1 is 1.00 bits per heavy atom. The third kappa shape index (κ3) is 4.99. The van der Waals surface area contributed by atoms with Crippen molar-refractivity contribution in [1.29, 1.82) is 0 Å². The number of rotatable bonds is 7. The van der Waals surface area contributed by atoms with E-state index in [1.165, 1.54) is 0 Å². The summed E-state index contributed by atoms with van der Waals surface area (Å²) in [5, 5.41) is 14.2. The fraction of sp³-hybridized carbons (Fsp3) is 0.138. The van der Waals surface area contributed by atoms with Crippen molar-refractivity contribution in [2.24, 2.45) is 0 Å². The zero-order chi connectivity index (χ0) is 26.1. The largest absolute Gasteiger partial charge is 0.480 e. The number of aryl methyl sites for hydroxylation is 1. The van der Waals surface area contributed by atoms with E-state index in [-0.39, 0.29) is 18.4 Å². The molecule has 0 saturated carbocycles. The number of nitrogens with one attached hydrogen (secondary N) is 1. The number of carboxylic acids is 1. The lowest BCUT2D eigenvalue weighted by Gasteiger charge is -2.15. The minimum Gasteiger partial charge on any atom is -0.480 e. The van der Waals surface area contributed by atoms with Gasteiger partial charge in [0.2, 0.25) is 5.91 Å². The van der Waals surface area contributed by atoms with Crippen molar-refractivity contribution in [2.45, 2.75) is 25.8 Å². The molecule has 0 bridgehead atoms. The molecule has 0 fully saturated rings. The first-order valence-electron chi connectivity index (χ1n) is 11.6. The number of hydrogen-bond acceptors (Lipinski definition) is 5. The Kier molecular flexibility index (Phi) is 6.54. The Morgan fingerprint density at radius 2 is 1.73 bits per heavy atom. The summed E-state index contributed by atoms with van der Waals surface area (Å²) >= 11 is 6.02. The maximum absolute atomic E-state index is 12.8. The van der Waals surface area contributed by atoms with E-state index in [1.54, 1.807) is 55.7 Å². The van der Waals surface area contributed by atoms with Gasteiger partial charge in [-0.1, -0.05) is 54.1 Å². The summed E-state index contributed by atoms with van der Waals surface area (Å²) < 4.78 is 11.2. The summed E-state index contributed by atoms with van der Waals surface area (Å²) in [5.74, 6) is -1.74. The van der Waals surface area contributed by atoms with Gasteiger partial charge in [-0.3, -0.25) is 4.79 Å². The molecule has 0 aliphatic heterocycles. The summed E-state index contributed by atoms with van der Waals surface area (Å²) in [6.07, 6.45) is 1.45. The van der Waals surface area contributed by atoms with Crippen molar-refractivity contribution in [3.63, 3.8) is 0 Å². The molecule has 0 aliphatic rings. The highest BCUT2D eigenvalue weighted by molar-refractivity contribution is 6.30. The van der Waals surface area contributed by atoms with Gasteiger partial charge in [-0.2, -0.15) is 0 Å². The summed E-state index contributed by atoms with van der Waals surface area (Å²) in [4.78, 5) is 37.4. The maximum Gasteiger partial charge on any atom is 0.340 e. The van der Waals surface area contributed by atoms with Gasteiger partial charge in [0.05, 0.1) is 18.2 Å². The number of benzene rings is 3. The van der Waals surface area contributed by atoms with Crippen LogP contribution in [0.15, 0.2) is 86.6 Å². The van der Waals surface area contributed by atoms with Crippen LogP contribution in [-0.4, -0.2) is 23.0 Å². The molecule has 5 aromatic rings. The molecule has 186 valence electrons. The second kappa shape index (κ2) is 9.95. The van der Waals surface area contributed by atoms with Crippen molar-refractivity contribution in [3.05, 3.63) is 105 Å². The molecule has 1 atom stereocenters. The average molecular weight is 516 g/mol. The Morgan fingerprint density at radius 3 is 2.43 bits per heavy atom. The number of furan rings is 1. The fourth-order valence-electron chi connectivity index (χ4n) is 4.42. The highest BCUT2D eigenvalue weighted by Gasteiger charge is 2.23. The lowest BCUT2D eigenvalue weighted by Crippen LogP contribution is -2.43. The molecule has 0 spiro atoms. The number of carbonyl (C=O) groups is 2. The molecule has 3 aromatic carbocycles. The fourth-order valence-corrected chi connectivity index (χ4v) is 4.55. The van der Waals surface area contributed by atoms with Crippen molar-refractivity contribution >= 4 is 45.4 Å². The Labute approximate surface area is 216 Å². The van der Waals surface area contributed by atoms with Crippen LogP contribution in [0, 0.1) is 6.92 Å². The standard InChI is InChI=1S/C29H22ClNO6/c1-16-20-12-22-23(18-7-9-19(30)10-8-18)15-36-25(22)14-26(20)37-29(35)21(16)13-27(32)31-24(28(33)34)11-17-5-3-2-4-6-17/h2-10,12,14-15,24H,11,13H2,1H3,(H,31,32)(H,33,34)/t24-/m1/s1. The Balaban J connectivity index is 1.46. The van der Waals surface area contributed by atoms with Gasteiger partial charge in [-0.25, -0.2) is 9.59 Å². The third-order valence-electron chi connectivity index (χ3n) is 6.39. The van der Waals surface area contributed by atoms with Crippen molar-refractivity contribution in [3.8, 4) is 11.1 Å². The molecule has 0 aliphatic carbocycles. The monoisotopic (exact) mass is 515 g/mol. The van der Waals surface area contributed by atoms with Gasteiger partial charge in [0.25, 0.3) is 0 Å². The van der Waals surface area contributed by atoms with Crippen LogP contribution in [-0.2, 0) is 22.4 Å². The molecule has 2 heterocycles. The zero-order valence-electron chi connectivity index (χ0n) is 19.8. The van der Waals surface area contributed by atoms with Crippen LogP contribution in [0.2, 0.25) is 5.02 Å². The van der Waals surface area contributed by atoms with Gasteiger partial charge >= 0.3 is 11.6 Å². The zero-order valence-corrected chi connectivity index (χ0v) is 20.5. The van der Waals surface area contributed by atoms with Crippen molar-refractivity contribution in [1.82, 2.24) is 5.32 Å². The average Bonchev–Trinajstić information content (AvgIpc) is 3.29. The van der Waals surface area contributed by atoms with Crippen LogP contribution in [0.1, 0.15) is 16.7 Å². The Hall–Kier alpha value is -4.36. The first-order chi connectivity index (χ1) is 17.8. The van der Waals surface area contributed by atoms with Crippen LogP contribution in [0.3, 0.4) is 0 Å². The number of aliphatic carboxylic acids is 1. The number of halogens is 1. The third-order valence-corrected chi connectivity index (χ3v) is 6.64. The van der Waals surface area contributed by atoms with Gasteiger partial charge in [0.15, 0.2) is 0 Å². The first-order valence-corrected chi connectivity index (χ1v) is 12.0. The minimum atomic E-state index is -1.16. The predicted molar refractivity (Wildman–Crippen MR) is 141 cm³/mol. The summed E-state index contributed by atoms with van der Waals surface area (Å²) in [6.45, 7) is 1.74. The summed E-state index contributed by atoms with van der Waals surface area (Å²) in [6, 6.07) is 18.8. The second-order valence-electron chi connectivity index (χ2n) is 8.82. The van der Waals surface area contributed by atoms with E-state index in [2.05, 4.69) is 5.32 Å². The predicted octanol–water partition coefficient (Wildman–Crippen LogP) is 5.52. The molecule has 2 N–H and O–H groups in total. The molecular formula is C29H22ClNO6. The van der Waals surface area contributed by atoms with Gasteiger partial charge < -0.3 is 19.3 Å². The summed E-state index contributed by atoms with van der Waals surface area (Å²) in [7, 11) is 0. The molecule has 2 aromatic heterocycles. The SMILES string of the molecule is Cc1c(CC(=O)N[C@H](Cc2ccccc2)C(=O)O)c(=O)oc2cc3occ(-c4ccc(Cl)cc4)c3cc12. The number of fused-ring (bicyclic) bond motifs is 2. The van der Waals surface area contributed by atoms with Crippen molar-refractivity contribution < 1.29 is 23.5 Å². The van der Waals surface area contributed by atoms with E-state index in [0.717, 1.165) is 22.1 Å². The lowest BCUT2D eigenvalue weighted by molar-refractivity contribution is -0.141. The number of carboxylic acid groups (broad SMARTS) is 1. The van der Waals surface area contributed by atoms with Crippen LogP contribution in [0.25, 0.3) is 33.1 Å². The smallest absolute Gasteiger partial charge is 0.340 e. The Bertz CT molecular complexity index is 1690. The molecule has 5 rings (SSSR count). The van der Waals surface area contributed by atoms with E-state index >= 15 is 0 Å². The minimum absolute atomic E-state index is 0.124. The molecule has 0 radical (unpaired) electrons. The quantitative estimate of drug-likeness (QED) is 0.276. The molecular weight excluding hydrogens is 494 g/mol. The molecule has 37 heavy (non-hydrogen) atoms. The number of carbonyl (C=O) groups excluding carboxylic acids is 1. The van der Waals surface area contributed by atoms with E-state index in [9.17, 15) is 19.5 Å². The second-order valence-corrected chi connectivity index (χ2v) is 9.26. The molecule has 7 nitrogen and oxygen atoms in total. The molecule has 8 heteroatoms. The van der Waals surface area contributed by atoms with Gasteiger partial charge in [0.1, 0.15) is 17.2 Å². The van der Waals surface area contributed by atoms with Crippen molar-refractivity contribution in [2.75, 3.05) is 0 Å². The van der Waals surface area contributed by atoms with E-state index in [4.69, 9.17) is 20.4 Å². The number of hydrogen-bond donors (Lipinski definition) is 2. The highest BCUT2D eigenvalue weighted by Crippen LogP contribution is 2.35. The van der Waals surface area contributed by atoms with E-state index in [0.29, 0.717) is 27.1 Å².